The number of aromatic nitrogens is 1. The number of piperidine rings is 3. The van der Waals surface area contributed by atoms with E-state index in [4.69, 9.17) is 0 Å². The third-order valence-electron chi connectivity index (χ3n) is 8.19. The van der Waals surface area contributed by atoms with E-state index in [-0.39, 0.29) is 36.1 Å². The Balaban J connectivity index is 1.10. The fourth-order valence-electron chi connectivity index (χ4n) is 6.63. The van der Waals surface area contributed by atoms with Gasteiger partial charge >= 0.3 is 0 Å². The van der Waals surface area contributed by atoms with Crippen molar-refractivity contribution in [1.29, 1.82) is 0 Å². The second-order valence-electron chi connectivity index (χ2n) is 10.3. The van der Waals surface area contributed by atoms with Crippen molar-refractivity contribution in [2.45, 2.75) is 69.9 Å². The van der Waals surface area contributed by atoms with E-state index in [0.29, 0.717) is 37.5 Å². The minimum absolute atomic E-state index is 0.000356. The van der Waals surface area contributed by atoms with Crippen molar-refractivity contribution in [1.82, 2.24) is 19.7 Å². The second-order valence-corrected chi connectivity index (χ2v) is 10.3. The van der Waals surface area contributed by atoms with Crippen LogP contribution < -0.4 is 10.9 Å². The standard InChI is InChI=1S/C25H36N4O3/c30-23(26-14-19-5-4-12-27-11-2-1-6-21(19)27)9-10-24(31)28-15-18-13-20(17-28)22-7-3-8-25(32)29(22)16-18/h3,7-8,18-21H,1-2,4-6,9-17H2,(H,26,30)/t18-,19-,20+,21+/m1/s1. The summed E-state index contributed by atoms with van der Waals surface area (Å²) in [7, 11) is 0. The summed E-state index contributed by atoms with van der Waals surface area (Å²) in [5.41, 5.74) is 1.11. The van der Waals surface area contributed by atoms with Crippen LogP contribution in [0.4, 0.5) is 0 Å². The summed E-state index contributed by atoms with van der Waals surface area (Å²) in [5.74, 6) is 1.16. The van der Waals surface area contributed by atoms with Crippen LogP contribution in [0.25, 0.3) is 0 Å². The fourth-order valence-corrected chi connectivity index (χ4v) is 6.63. The quantitative estimate of drug-likeness (QED) is 0.760. The van der Waals surface area contributed by atoms with E-state index in [2.05, 4.69) is 10.2 Å². The molecule has 2 bridgehead atoms. The molecule has 0 saturated carbocycles. The molecule has 3 fully saturated rings. The molecular weight excluding hydrogens is 404 g/mol. The lowest BCUT2D eigenvalue weighted by molar-refractivity contribution is -0.136. The average Bonchev–Trinajstić information content (AvgIpc) is 2.81. The summed E-state index contributed by atoms with van der Waals surface area (Å²) < 4.78 is 1.88. The molecule has 7 heteroatoms. The Morgan fingerprint density at radius 2 is 1.88 bits per heavy atom. The first-order valence-electron chi connectivity index (χ1n) is 12.6. The number of hydrogen-bond acceptors (Lipinski definition) is 4. The van der Waals surface area contributed by atoms with Crippen LogP contribution in [-0.2, 0) is 16.1 Å². The summed E-state index contributed by atoms with van der Waals surface area (Å²) in [5, 5.41) is 3.13. The van der Waals surface area contributed by atoms with Crippen molar-refractivity contribution < 1.29 is 9.59 Å². The lowest BCUT2D eigenvalue weighted by Crippen LogP contribution is -2.51. The average molecular weight is 441 g/mol. The highest BCUT2D eigenvalue weighted by atomic mass is 16.2. The van der Waals surface area contributed by atoms with Gasteiger partial charge in [-0.05, 0) is 63.1 Å². The Morgan fingerprint density at radius 1 is 1.00 bits per heavy atom. The maximum atomic E-state index is 12.9. The molecule has 174 valence electrons. The molecule has 0 aliphatic carbocycles. The zero-order valence-electron chi connectivity index (χ0n) is 19.0. The van der Waals surface area contributed by atoms with Gasteiger partial charge < -0.3 is 19.7 Å². The normalized spacial score (nSPS) is 29.7. The van der Waals surface area contributed by atoms with Crippen molar-refractivity contribution in [2.24, 2.45) is 11.8 Å². The summed E-state index contributed by atoms with van der Waals surface area (Å²) in [6.07, 6.45) is 7.85. The van der Waals surface area contributed by atoms with Crippen LogP contribution in [-0.4, -0.2) is 64.9 Å². The third kappa shape index (κ3) is 4.49. The van der Waals surface area contributed by atoms with Gasteiger partial charge in [-0.15, -0.1) is 0 Å². The topological polar surface area (TPSA) is 74.6 Å². The summed E-state index contributed by atoms with van der Waals surface area (Å²) in [4.78, 5) is 42.1. The molecule has 5 rings (SSSR count). The van der Waals surface area contributed by atoms with Gasteiger partial charge in [0.05, 0.1) is 0 Å². The molecule has 1 aromatic rings. The number of carbonyl (C=O) groups is 2. The Bertz CT molecular complexity index is 911. The number of amides is 2. The minimum Gasteiger partial charge on any atom is -0.356 e. The molecule has 1 aromatic heterocycles. The molecule has 7 nitrogen and oxygen atoms in total. The van der Waals surface area contributed by atoms with Crippen LogP contribution in [0.3, 0.4) is 0 Å². The van der Waals surface area contributed by atoms with Gasteiger partial charge in [0, 0.05) is 62.7 Å². The molecule has 5 heterocycles. The SMILES string of the molecule is O=C(CCC(=O)N1C[C@H]2C[C@@H](C1)c1cccc(=O)n1C2)NC[C@H]1CCCN2CCCC[C@@H]12. The molecule has 4 aliphatic rings. The van der Waals surface area contributed by atoms with Gasteiger partial charge in [-0.3, -0.25) is 14.4 Å². The predicted octanol–water partition coefficient (Wildman–Crippen LogP) is 1.95. The number of likely N-dealkylation sites (tertiary alicyclic amines) is 1. The largest absolute Gasteiger partial charge is 0.356 e. The van der Waals surface area contributed by atoms with Crippen LogP contribution in [0.5, 0.6) is 0 Å². The van der Waals surface area contributed by atoms with Gasteiger partial charge in [0.25, 0.3) is 5.56 Å². The van der Waals surface area contributed by atoms with E-state index in [1.807, 2.05) is 21.6 Å². The Labute approximate surface area is 190 Å². The van der Waals surface area contributed by atoms with E-state index in [1.54, 1.807) is 6.07 Å². The van der Waals surface area contributed by atoms with Crippen LogP contribution >= 0.6 is 0 Å². The number of fused-ring (bicyclic) bond motifs is 5. The van der Waals surface area contributed by atoms with Crippen molar-refractivity contribution in [3.05, 3.63) is 34.2 Å². The molecular formula is C25H36N4O3. The summed E-state index contributed by atoms with van der Waals surface area (Å²) >= 11 is 0. The molecule has 0 radical (unpaired) electrons. The van der Waals surface area contributed by atoms with E-state index >= 15 is 0 Å². The first-order valence-corrected chi connectivity index (χ1v) is 12.6. The first kappa shape index (κ1) is 21.7. The lowest BCUT2D eigenvalue weighted by Gasteiger charge is -2.44. The predicted molar refractivity (Wildman–Crippen MR) is 122 cm³/mol. The van der Waals surface area contributed by atoms with Crippen LogP contribution in [0.15, 0.2) is 23.0 Å². The summed E-state index contributed by atoms with van der Waals surface area (Å²) in [6, 6.07) is 6.08. The lowest BCUT2D eigenvalue weighted by atomic mass is 9.83. The molecule has 0 spiro atoms. The molecule has 0 aromatic carbocycles. The molecule has 4 aliphatic heterocycles. The van der Waals surface area contributed by atoms with Gasteiger partial charge in [0.2, 0.25) is 11.8 Å². The fraction of sp³-hybridized carbons (Fsp3) is 0.720. The minimum atomic E-state index is 0.000356. The Hall–Kier alpha value is -2.15. The maximum Gasteiger partial charge on any atom is 0.250 e. The van der Waals surface area contributed by atoms with Crippen LogP contribution in [0.1, 0.15) is 63.0 Å². The van der Waals surface area contributed by atoms with E-state index in [0.717, 1.165) is 18.7 Å². The number of nitrogens with zero attached hydrogens (tertiary/aromatic N) is 3. The highest BCUT2D eigenvalue weighted by Gasteiger charge is 2.36. The maximum absolute atomic E-state index is 12.9. The van der Waals surface area contributed by atoms with E-state index < -0.39 is 0 Å². The molecule has 4 atom stereocenters. The number of nitrogens with one attached hydrogen (secondary N) is 1. The van der Waals surface area contributed by atoms with Crippen LogP contribution in [0, 0.1) is 11.8 Å². The van der Waals surface area contributed by atoms with Gasteiger partial charge in [-0.25, -0.2) is 0 Å². The monoisotopic (exact) mass is 440 g/mol. The smallest absolute Gasteiger partial charge is 0.250 e. The number of carbonyl (C=O) groups excluding carboxylic acids is 2. The van der Waals surface area contributed by atoms with Crippen molar-refractivity contribution in [2.75, 3.05) is 32.7 Å². The van der Waals surface area contributed by atoms with Crippen molar-refractivity contribution in [3.63, 3.8) is 0 Å². The van der Waals surface area contributed by atoms with E-state index in [1.165, 1.54) is 45.2 Å². The van der Waals surface area contributed by atoms with Gasteiger partial charge in [0.15, 0.2) is 0 Å². The molecule has 0 unspecified atom stereocenters. The van der Waals surface area contributed by atoms with Gasteiger partial charge in [0.1, 0.15) is 0 Å². The van der Waals surface area contributed by atoms with Crippen molar-refractivity contribution in [3.8, 4) is 0 Å². The zero-order valence-corrected chi connectivity index (χ0v) is 19.0. The number of pyridine rings is 1. The molecule has 32 heavy (non-hydrogen) atoms. The summed E-state index contributed by atoms with van der Waals surface area (Å²) in [6.45, 7) is 5.20. The molecule has 3 saturated heterocycles. The molecule has 1 N–H and O–H groups in total. The Morgan fingerprint density at radius 3 is 2.78 bits per heavy atom. The molecule has 2 amide bonds. The number of rotatable bonds is 5. The highest BCUT2D eigenvalue weighted by molar-refractivity contribution is 5.83. The first-order chi connectivity index (χ1) is 15.6. The van der Waals surface area contributed by atoms with Crippen molar-refractivity contribution >= 4 is 11.8 Å². The third-order valence-corrected chi connectivity index (χ3v) is 8.19. The number of hydrogen-bond donors (Lipinski definition) is 1. The van der Waals surface area contributed by atoms with Gasteiger partial charge in [-0.1, -0.05) is 12.5 Å². The zero-order chi connectivity index (χ0) is 22.1. The van der Waals surface area contributed by atoms with Gasteiger partial charge in [-0.2, -0.15) is 0 Å². The van der Waals surface area contributed by atoms with Crippen LogP contribution in [0.2, 0.25) is 0 Å². The highest BCUT2D eigenvalue weighted by Crippen LogP contribution is 2.35. The van der Waals surface area contributed by atoms with E-state index in [9.17, 15) is 14.4 Å². The second kappa shape index (κ2) is 9.38. The Kier molecular flexibility index (Phi) is 6.35.